The van der Waals surface area contributed by atoms with E-state index in [-0.39, 0.29) is 36.0 Å². The predicted octanol–water partition coefficient (Wildman–Crippen LogP) is 4.91. The van der Waals surface area contributed by atoms with Gasteiger partial charge in [-0.1, -0.05) is 24.3 Å². The summed E-state index contributed by atoms with van der Waals surface area (Å²) in [4.78, 5) is 26.3. The summed E-state index contributed by atoms with van der Waals surface area (Å²) < 4.78 is 27.8. The molecular formula is C31H31NO8. The fraction of sp³-hybridized carbons (Fsp3) is 0.290. The van der Waals surface area contributed by atoms with Crippen LogP contribution in [-0.2, 0) is 11.2 Å². The number of carbonyl (C=O) groups is 1. The Morgan fingerprint density at radius 3 is 2.58 bits per heavy atom. The van der Waals surface area contributed by atoms with Crippen LogP contribution in [0.25, 0.3) is 11.0 Å². The van der Waals surface area contributed by atoms with E-state index in [0.29, 0.717) is 60.1 Å². The van der Waals surface area contributed by atoms with Gasteiger partial charge in [-0.05, 0) is 67.8 Å². The second-order valence-corrected chi connectivity index (χ2v) is 9.26. The summed E-state index contributed by atoms with van der Waals surface area (Å²) in [5, 5.41) is 14.5. The maximum absolute atomic E-state index is 13.2. The summed E-state index contributed by atoms with van der Waals surface area (Å²) in [7, 11) is 0. The third-order valence-electron chi connectivity index (χ3n) is 6.70. The Kier molecular flexibility index (Phi) is 8.10. The SMILES string of the molecule is CCOc1ccc(CCNC(=O)C[C@H](c2ccc3c(c2)OCO3)c2c(O)c3ccccc3oc2=O)cc1OCC. The van der Waals surface area contributed by atoms with Crippen LogP contribution < -0.4 is 29.9 Å². The first-order valence-corrected chi connectivity index (χ1v) is 13.3. The molecule has 0 saturated carbocycles. The lowest BCUT2D eigenvalue weighted by Gasteiger charge is -2.19. The third kappa shape index (κ3) is 5.68. The van der Waals surface area contributed by atoms with Crippen molar-refractivity contribution in [2.24, 2.45) is 0 Å². The van der Waals surface area contributed by atoms with Gasteiger partial charge in [0.25, 0.3) is 0 Å². The molecule has 40 heavy (non-hydrogen) atoms. The van der Waals surface area contributed by atoms with E-state index in [4.69, 9.17) is 23.4 Å². The second kappa shape index (κ2) is 12.0. The number of carbonyl (C=O) groups excluding carboxylic acids is 1. The quantitative estimate of drug-likeness (QED) is 0.256. The third-order valence-corrected chi connectivity index (χ3v) is 6.70. The fourth-order valence-electron chi connectivity index (χ4n) is 4.83. The summed E-state index contributed by atoms with van der Waals surface area (Å²) in [5.74, 6) is 1.14. The van der Waals surface area contributed by atoms with Crippen LogP contribution in [0.4, 0.5) is 0 Å². The minimum Gasteiger partial charge on any atom is -0.507 e. The molecule has 5 rings (SSSR count). The Morgan fingerprint density at radius 2 is 1.75 bits per heavy atom. The summed E-state index contributed by atoms with van der Waals surface area (Å²) in [5.41, 5.74) is 1.17. The van der Waals surface area contributed by atoms with E-state index in [9.17, 15) is 14.7 Å². The first-order valence-electron chi connectivity index (χ1n) is 13.3. The zero-order valence-corrected chi connectivity index (χ0v) is 22.4. The Labute approximate surface area is 231 Å². The van der Waals surface area contributed by atoms with Crippen LogP contribution in [0, 0.1) is 0 Å². The molecule has 0 saturated heterocycles. The van der Waals surface area contributed by atoms with Crippen LogP contribution in [0.3, 0.4) is 0 Å². The number of aromatic hydroxyl groups is 1. The van der Waals surface area contributed by atoms with E-state index in [1.54, 1.807) is 42.5 Å². The van der Waals surface area contributed by atoms with Gasteiger partial charge in [-0.15, -0.1) is 0 Å². The molecule has 0 unspecified atom stereocenters. The normalized spacial score (nSPS) is 12.8. The number of para-hydroxylation sites is 1. The Bertz CT molecular complexity index is 1580. The number of fused-ring (bicyclic) bond motifs is 2. The van der Waals surface area contributed by atoms with Crippen molar-refractivity contribution in [3.05, 3.63) is 87.8 Å². The van der Waals surface area contributed by atoms with E-state index in [2.05, 4.69) is 5.32 Å². The van der Waals surface area contributed by atoms with Crippen LogP contribution >= 0.6 is 0 Å². The molecule has 2 N–H and O–H groups in total. The first kappa shape index (κ1) is 26.9. The molecule has 0 fully saturated rings. The van der Waals surface area contributed by atoms with Gasteiger partial charge in [0.1, 0.15) is 11.3 Å². The maximum atomic E-state index is 13.2. The number of ether oxygens (including phenoxy) is 4. The van der Waals surface area contributed by atoms with Gasteiger partial charge in [0.2, 0.25) is 12.7 Å². The van der Waals surface area contributed by atoms with Crippen molar-refractivity contribution in [3.8, 4) is 28.7 Å². The zero-order chi connectivity index (χ0) is 28.1. The zero-order valence-electron chi connectivity index (χ0n) is 22.4. The van der Waals surface area contributed by atoms with Gasteiger partial charge < -0.3 is 33.8 Å². The topological polar surface area (TPSA) is 116 Å². The number of benzene rings is 3. The minimum atomic E-state index is -0.787. The number of rotatable bonds is 11. The molecule has 3 aromatic carbocycles. The minimum absolute atomic E-state index is 0.0144. The van der Waals surface area contributed by atoms with Gasteiger partial charge in [0.05, 0.1) is 24.2 Å². The Hall–Kier alpha value is -4.66. The van der Waals surface area contributed by atoms with Gasteiger partial charge in [-0.2, -0.15) is 0 Å². The average molecular weight is 546 g/mol. The highest BCUT2D eigenvalue weighted by molar-refractivity contribution is 5.85. The van der Waals surface area contributed by atoms with E-state index >= 15 is 0 Å². The van der Waals surface area contributed by atoms with E-state index in [0.717, 1.165) is 5.56 Å². The number of nitrogens with one attached hydrogen (secondary N) is 1. The molecule has 2 heterocycles. The van der Waals surface area contributed by atoms with Crippen molar-refractivity contribution < 1.29 is 33.3 Å². The highest BCUT2D eigenvalue weighted by Crippen LogP contribution is 2.40. The van der Waals surface area contributed by atoms with Crippen molar-refractivity contribution in [3.63, 3.8) is 0 Å². The van der Waals surface area contributed by atoms with Crippen molar-refractivity contribution >= 4 is 16.9 Å². The van der Waals surface area contributed by atoms with E-state index in [1.807, 2.05) is 32.0 Å². The molecule has 0 bridgehead atoms. The highest BCUT2D eigenvalue weighted by Gasteiger charge is 2.28. The molecule has 1 aliphatic heterocycles. The average Bonchev–Trinajstić information content (AvgIpc) is 3.42. The molecule has 0 spiro atoms. The molecule has 208 valence electrons. The van der Waals surface area contributed by atoms with Crippen LogP contribution in [0.15, 0.2) is 69.9 Å². The first-order chi connectivity index (χ1) is 19.5. The van der Waals surface area contributed by atoms with Crippen molar-refractivity contribution in [2.75, 3.05) is 26.6 Å². The summed E-state index contributed by atoms with van der Waals surface area (Å²) in [6.45, 7) is 5.32. The summed E-state index contributed by atoms with van der Waals surface area (Å²) >= 11 is 0. The maximum Gasteiger partial charge on any atom is 0.343 e. The van der Waals surface area contributed by atoms with Crippen LogP contribution in [0.5, 0.6) is 28.7 Å². The smallest absolute Gasteiger partial charge is 0.343 e. The summed E-state index contributed by atoms with van der Waals surface area (Å²) in [6, 6.07) is 17.7. The molecule has 1 atom stereocenters. The molecule has 1 amide bonds. The van der Waals surface area contributed by atoms with Gasteiger partial charge in [0, 0.05) is 18.9 Å². The predicted molar refractivity (Wildman–Crippen MR) is 149 cm³/mol. The molecule has 0 aliphatic carbocycles. The second-order valence-electron chi connectivity index (χ2n) is 9.26. The number of amides is 1. The Balaban J connectivity index is 1.37. The number of hydrogen-bond acceptors (Lipinski definition) is 8. The Morgan fingerprint density at radius 1 is 0.975 bits per heavy atom. The lowest BCUT2D eigenvalue weighted by molar-refractivity contribution is -0.121. The largest absolute Gasteiger partial charge is 0.507 e. The fourth-order valence-corrected chi connectivity index (χ4v) is 4.83. The summed E-state index contributed by atoms with van der Waals surface area (Å²) in [6.07, 6.45) is 0.472. The van der Waals surface area contributed by atoms with E-state index in [1.165, 1.54) is 0 Å². The molecule has 1 aromatic heterocycles. The van der Waals surface area contributed by atoms with Crippen LogP contribution in [0.2, 0.25) is 0 Å². The van der Waals surface area contributed by atoms with Crippen molar-refractivity contribution in [1.82, 2.24) is 5.32 Å². The van der Waals surface area contributed by atoms with Gasteiger partial charge >= 0.3 is 5.63 Å². The molecule has 0 radical (unpaired) electrons. The van der Waals surface area contributed by atoms with Crippen LogP contribution in [-0.4, -0.2) is 37.6 Å². The monoisotopic (exact) mass is 545 g/mol. The van der Waals surface area contributed by atoms with Gasteiger partial charge in [-0.3, -0.25) is 4.79 Å². The van der Waals surface area contributed by atoms with Crippen molar-refractivity contribution in [1.29, 1.82) is 0 Å². The van der Waals surface area contributed by atoms with Gasteiger partial charge in [0.15, 0.2) is 23.0 Å². The van der Waals surface area contributed by atoms with Gasteiger partial charge in [-0.25, -0.2) is 4.79 Å². The molecule has 9 heteroatoms. The van der Waals surface area contributed by atoms with Crippen molar-refractivity contribution in [2.45, 2.75) is 32.6 Å². The van der Waals surface area contributed by atoms with E-state index < -0.39 is 11.5 Å². The lowest BCUT2D eigenvalue weighted by Crippen LogP contribution is -2.28. The number of hydrogen-bond donors (Lipinski definition) is 2. The molecule has 1 aliphatic rings. The molecule has 9 nitrogen and oxygen atoms in total. The van der Waals surface area contributed by atoms with Crippen LogP contribution in [0.1, 0.15) is 42.9 Å². The lowest BCUT2D eigenvalue weighted by atomic mass is 9.87. The standard InChI is InChI=1S/C31H31NO8/c1-3-36-24-11-9-19(15-26(24)37-4-2)13-14-32-28(33)17-22(20-10-12-25-27(16-20)39-18-38-25)29-30(34)21-7-5-6-8-23(21)40-31(29)35/h5-12,15-16,22,34H,3-4,13-14,17-18H2,1-2H3,(H,32,33)/t22-/m1/s1. The molecule has 4 aromatic rings. The highest BCUT2D eigenvalue weighted by atomic mass is 16.7. The molecular weight excluding hydrogens is 514 g/mol.